The molecule has 30 heavy (non-hydrogen) atoms. The average molecular weight is 407 g/mol. The molecule has 2 atom stereocenters. The van der Waals surface area contributed by atoms with Crippen molar-refractivity contribution >= 4 is 18.0 Å². The summed E-state index contributed by atoms with van der Waals surface area (Å²) in [6, 6.07) is 20.3. The van der Waals surface area contributed by atoms with Gasteiger partial charge in [-0.1, -0.05) is 86.7 Å². The Kier molecular flexibility index (Phi) is 6.76. The summed E-state index contributed by atoms with van der Waals surface area (Å²) in [5.41, 5.74) is 2.26. The van der Waals surface area contributed by atoms with Crippen molar-refractivity contribution in [1.29, 1.82) is 0 Å². The van der Waals surface area contributed by atoms with Crippen LogP contribution in [0.15, 0.2) is 66.7 Å². The SMILES string of the molecule is CC(C)C(CC1C(=O)OC(C)(C)OC1=O)C(C=Cc1ccccc1)c1ccccc1. The van der Waals surface area contributed by atoms with Crippen molar-refractivity contribution in [3.05, 3.63) is 77.9 Å². The number of hydrogen-bond donors (Lipinski definition) is 0. The first-order chi connectivity index (χ1) is 14.3. The summed E-state index contributed by atoms with van der Waals surface area (Å²) in [5.74, 6) is -2.76. The van der Waals surface area contributed by atoms with Crippen LogP contribution in [0.4, 0.5) is 0 Å². The number of rotatable bonds is 7. The van der Waals surface area contributed by atoms with Gasteiger partial charge in [-0.2, -0.15) is 0 Å². The molecule has 4 nitrogen and oxygen atoms in total. The van der Waals surface area contributed by atoms with Gasteiger partial charge >= 0.3 is 11.9 Å². The van der Waals surface area contributed by atoms with Crippen molar-refractivity contribution < 1.29 is 19.1 Å². The van der Waals surface area contributed by atoms with Gasteiger partial charge < -0.3 is 9.47 Å². The predicted octanol–water partition coefficient (Wildman–Crippen LogP) is 5.60. The topological polar surface area (TPSA) is 52.6 Å². The molecular formula is C26H30O4. The van der Waals surface area contributed by atoms with E-state index in [9.17, 15) is 9.59 Å². The molecule has 1 saturated heterocycles. The molecule has 0 aliphatic carbocycles. The Hall–Kier alpha value is -2.88. The van der Waals surface area contributed by atoms with Gasteiger partial charge in [0.1, 0.15) is 0 Å². The molecule has 2 aromatic rings. The maximum absolute atomic E-state index is 12.6. The molecule has 158 valence electrons. The lowest BCUT2D eigenvalue weighted by molar-refractivity contribution is -0.240. The average Bonchev–Trinajstić information content (AvgIpc) is 2.69. The number of benzene rings is 2. The Labute approximate surface area is 178 Å². The van der Waals surface area contributed by atoms with Crippen molar-refractivity contribution in [1.82, 2.24) is 0 Å². The first kappa shape index (κ1) is 21.8. The molecule has 0 bridgehead atoms. The number of esters is 2. The van der Waals surface area contributed by atoms with Crippen LogP contribution >= 0.6 is 0 Å². The van der Waals surface area contributed by atoms with Gasteiger partial charge in [0.05, 0.1) is 0 Å². The Bertz CT molecular complexity index is 864. The van der Waals surface area contributed by atoms with E-state index in [1.165, 1.54) is 0 Å². The van der Waals surface area contributed by atoms with Gasteiger partial charge in [-0.3, -0.25) is 9.59 Å². The van der Waals surface area contributed by atoms with E-state index in [0.717, 1.165) is 11.1 Å². The van der Waals surface area contributed by atoms with Gasteiger partial charge in [-0.05, 0) is 29.4 Å². The standard InChI is InChI=1S/C26H30O4/c1-18(2)22(17-23-24(27)29-26(3,4)30-25(23)28)21(20-13-9-6-10-14-20)16-15-19-11-7-5-8-12-19/h5-16,18,21-23H,17H2,1-4H3. The Morgan fingerprint density at radius 1 is 0.900 bits per heavy atom. The molecule has 1 aliphatic heterocycles. The third kappa shape index (κ3) is 5.38. The van der Waals surface area contributed by atoms with Crippen LogP contribution in [-0.2, 0) is 19.1 Å². The van der Waals surface area contributed by atoms with Crippen LogP contribution in [0.25, 0.3) is 6.08 Å². The summed E-state index contributed by atoms with van der Waals surface area (Å²) >= 11 is 0. The molecule has 1 aliphatic rings. The van der Waals surface area contributed by atoms with E-state index >= 15 is 0 Å². The fourth-order valence-corrected chi connectivity index (χ4v) is 4.00. The monoisotopic (exact) mass is 406 g/mol. The molecule has 0 aromatic heterocycles. The van der Waals surface area contributed by atoms with Crippen LogP contribution in [0.2, 0.25) is 0 Å². The number of hydrogen-bond acceptors (Lipinski definition) is 4. The number of ether oxygens (including phenoxy) is 2. The van der Waals surface area contributed by atoms with E-state index < -0.39 is 23.6 Å². The highest BCUT2D eigenvalue weighted by atomic mass is 16.7. The fourth-order valence-electron chi connectivity index (χ4n) is 4.00. The maximum Gasteiger partial charge on any atom is 0.323 e. The Morgan fingerprint density at radius 2 is 1.43 bits per heavy atom. The Morgan fingerprint density at radius 3 is 1.97 bits per heavy atom. The second-order valence-corrected chi connectivity index (χ2v) is 8.64. The molecule has 0 amide bonds. The van der Waals surface area contributed by atoms with Crippen molar-refractivity contribution in [3.8, 4) is 0 Å². The zero-order valence-corrected chi connectivity index (χ0v) is 18.1. The molecular weight excluding hydrogens is 376 g/mol. The van der Waals surface area contributed by atoms with Gasteiger partial charge in [-0.25, -0.2) is 0 Å². The lowest BCUT2D eigenvalue weighted by Crippen LogP contribution is -2.47. The van der Waals surface area contributed by atoms with Gasteiger partial charge in [0.25, 0.3) is 5.79 Å². The third-order valence-electron chi connectivity index (χ3n) is 5.57. The number of cyclic esters (lactones) is 2. The summed E-state index contributed by atoms with van der Waals surface area (Å²) < 4.78 is 10.7. The Balaban J connectivity index is 1.91. The van der Waals surface area contributed by atoms with Gasteiger partial charge in [0.2, 0.25) is 0 Å². The summed E-state index contributed by atoms with van der Waals surface area (Å²) in [5, 5.41) is 0. The lowest BCUT2D eigenvalue weighted by atomic mass is 9.74. The molecule has 0 spiro atoms. The van der Waals surface area contributed by atoms with Crippen molar-refractivity contribution in [2.45, 2.75) is 45.8 Å². The van der Waals surface area contributed by atoms with Crippen LogP contribution in [0.5, 0.6) is 0 Å². The van der Waals surface area contributed by atoms with Crippen LogP contribution in [-0.4, -0.2) is 17.7 Å². The number of allylic oxidation sites excluding steroid dienone is 1. The molecule has 0 saturated carbocycles. The zero-order valence-electron chi connectivity index (χ0n) is 18.1. The first-order valence-electron chi connectivity index (χ1n) is 10.5. The van der Waals surface area contributed by atoms with Crippen molar-refractivity contribution in [2.24, 2.45) is 17.8 Å². The molecule has 0 radical (unpaired) electrons. The highest BCUT2D eigenvalue weighted by Gasteiger charge is 2.45. The van der Waals surface area contributed by atoms with E-state index in [2.05, 4.69) is 50.3 Å². The number of carbonyl (C=O) groups is 2. The quantitative estimate of drug-likeness (QED) is 0.444. The normalized spacial score (nSPS) is 18.8. The van der Waals surface area contributed by atoms with Crippen LogP contribution in [0.3, 0.4) is 0 Å². The second-order valence-electron chi connectivity index (χ2n) is 8.64. The summed E-state index contributed by atoms with van der Waals surface area (Å²) in [7, 11) is 0. The van der Waals surface area contributed by atoms with Gasteiger partial charge in [0, 0.05) is 19.8 Å². The van der Waals surface area contributed by atoms with Crippen molar-refractivity contribution in [3.63, 3.8) is 0 Å². The minimum absolute atomic E-state index is 0.0435. The maximum atomic E-state index is 12.6. The minimum Gasteiger partial charge on any atom is -0.422 e. The first-order valence-corrected chi connectivity index (χ1v) is 10.5. The van der Waals surface area contributed by atoms with Crippen LogP contribution in [0, 0.1) is 17.8 Å². The second kappa shape index (κ2) is 9.29. The summed E-state index contributed by atoms with van der Waals surface area (Å²) in [6.45, 7) is 7.41. The molecule has 1 fully saturated rings. The van der Waals surface area contributed by atoms with Crippen LogP contribution < -0.4 is 0 Å². The zero-order chi connectivity index (χ0) is 21.7. The summed E-state index contributed by atoms with van der Waals surface area (Å²) in [6.07, 6.45) is 4.66. The number of carbonyl (C=O) groups excluding carboxylic acids is 2. The molecule has 2 unspecified atom stereocenters. The lowest BCUT2D eigenvalue weighted by Gasteiger charge is -2.36. The molecule has 4 heteroatoms. The van der Waals surface area contributed by atoms with Crippen LogP contribution in [0.1, 0.15) is 51.2 Å². The largest absolute Gasteiger partial charge is 0.422 e. The summed E-state index contributed by atoms with van der Waals surface area (Å²) in [4.78, 5) is 25.2. The van der Waals surface area contributed by atoms with E-state index in [1.54, 1.807) is 13.8 Å². The third-order valence-corrected chi connectivity index (χ3v) is 5.57. The fraction of sp³-hybridized carbons (Fsp3) is 0.385. The molecule has 2 aromatic carbocycles. The van der Waals surface area contributed by atoms with Gasteiger partial charge in [-0.15, -0.1) is 0 Å². The van der Waals surface area contributed by atoms with E-state index in [1.807, 2.05) is 36.4 Å². The van der Waals surface area contributed by atoms with E-state index in [4.69, 9.17) is 9.47 Å². The minimum atomic E-state index is -1.20. The highest BCUT2D eigenvalue weighted by molar-refractivity contribution is 5.96. The molecule has 0 N–H and O–H groups in total. The van der Waals surface area contributed by atoms with E-state index in [-0.39, 0.29) is 17.8 Å². The molecule has 1 heterocycles. The van der Waals surface area contributed by atoms with Crippen molar-refractivity contribution in [2.75, 3.05) is 0 Å². The molecule has 3 rings (SSSR count). The smallest absolute Gasteiger partial charge is 0.323 e. The van der Waals surface area contributed by atoms with E-state index in [0.29, 0.717) is 6.42 Å². The highest BCUT2D eigenvalue weighted by Crippen LogP contribution is 2.39. The predicted molar refractivity (Wildman–Crippen MR) is 117 cm³/mol. The van der Waals surface area contributed by atoms with Gasteiger partial charge in [0.15, 0.2) is 5.92 Å².